The van der Waals surface area contributed by atoms with Gasteiger partial charge in [-0.2, -0.15) is 0 Å². The lowest BCUT2D eigenvalue weighted by Crippen LogP contribution is -2.17. The Bertz CT molecular complexity index is 1310. The van der Waals surface area contributed by atoms with Crippen LogP contribution in [-0.4, -0.2) is 20.3 Å². The summed E-state index contributed by atoms with van der Waals surface area (Å²) in [5.74, 6) is -0.497. The van der Waals surface area contributed by atoms with E-state index in [1.54, 1.807) is 25.4 Å². The van der Waals surface area contributed by atoms with Crippen LogP contribution < -0.4 is 5.56 Å². The second-order valence-corrected chi connectivity index (χ2v) is 7.87. The van der Waals surface area contributed by atoms with E-state index in [1.807, 2.05) is 43.3 Å². The molecule has 150 valence electrons. The van der Waals surface area contributed by atoms with E-state index in [0.717, 1.165) is 28.0 Å². The van der Waals surface area contributed by atoms with Crippen molar-refractivity contribution in [1.82, 2.24) is 14.4 Å². The minimum absolute atomic E-state index is 0.118. The molecular formula is C23H19N3O3S. The summed E-state index contributed by atoms with van der Waals surface area (Å²) in [5.41, 5.74) is 3.88. The molecule has 0 aliphatic carbocycles. The maximum absolute atomic E-state index is 12.8. The summed E-state index contributed by atoms with van der Waals surface area (Å²) in [6, 6.07) is 11.7. The summed E-state index contributed by atoms with van der Waals surface area (Å²) in [4.78, 5) is 34.5. The molecule has 4 rings (SSSR count). The monoisotopic (exact) mass is 417 g/mol. The van der Waals surface area contributed by atoms with Gasteiger partial charge in [-0.25, -0.2) is 9.78 Å². The summed E-state index contributed by atoms with van der Waals surface area (Å²) in [6.45, 7) is 3.88. The number of hydrogen-bond acceptors (Lipinski definition) is 6. The van der Waals surface area contributed by atoms with Gasteiger partial charge in [0.2, 0.25) is 0 Å². The molecule has 7 heteroatoms. The Morgan fingerprint density at radius 2 is 2.07 bits per heavy atom. The number of fused-ring (bicyclic) bond motifs is 1. The fourth-order valence-corrected chi connectivity index (χ4v) is 3.83. The second-order valence-electron chi connectivity index (χ2n) is 6.86. The van der Waals surface area contributed by atoms with E-state index >= 15 is 0 Å². The first-order valence-electron chi connectivity index (χ1n) is 9.35. The first-order chi connectivity index (χ1) is 14.5. The molecule has 1 aromatic carbocycles. The van der Waals surface area contributed by atoms with Gasteiger partial charge in [0, 0.05) is 29.7 Å². The number of thiazole rings is 1. The van der Waals surface area contributed by atoms with Gasteiger partial charge in [0.25, 0.3) is 5.56 Å². The predicted octanol–water partition coefficient (Wildman–Crippen LogP) is 4.30. The Kier molecular flexibility index (Phi) is 5.54. The van der Waals surface area contributed by atoms with Crippen LogP contribution in [0.4, 0.5) is 0 Å². The highest BCUT2D eigenvalue weighted by molar-refractivity contribution is 7.18. The van der Waals surface area contributed by atoms with Gasteiger partial charge in [0.05, 0.1) is 5.69 Å². The third kappa shape index (κ3) is 4.21. The molecule has 0 saturated carbocycles. The number of ether oxygens (including phenoxy) is 1. The molecule has 3 heterocycles. The van der Waals surface area contributed by atoms with Crippen LogP contribution in [0.25, 0.3) is 17.1 Å². The molecular weight excluding hydrogens is 398 g/mol. The number of rotatable bonds is 5. The lowest BCUT2D eigenvalue weighted by atomic mass is 10.1. The highest BCUT2D eigenvalue weighted by Gasteiger charge is 2.16. The third-order valence-corrected chi connectivity index (χ3v) is 5.53. The van der Waals surface area contributed by atoms with Crippen molar-refractivity contribution in [2.75, 3.05) is 0 Å². The molecule has 0 fully saturated rings. The van der Waals surface area contributed by atoms with Crippen molar-refractivity contribution < 1.29 is 9.53 Å². The van der Waals surface area contributed by atoms with Crippen LogP contribution in [0.15, 0.2) is 59.8 Å². The molecule has 3 aromatic heterocycles. The smallest absolute Gasteiger partial charge is 0.350 e. The Labute approximate surface area is 177 Å². The molecule has 4 aromatic rings. The van der Waals surface area contributed by atoms with Crippen molar-refractivity contribution in [2.45, 2.75) is 20.5 Å². The van der Waals surface area contributed by atoms with E-state index in [2.05, 4.69) is 16.0 Å². The highest BCUT2D eigenvalue weighted by atomic mass is 32.1. The Morgan fingerprint density at radius 1 is 1.20 bits per heavy atom. The molecule has 0 saturated heterocycles. The minimum atomic E-state index is -0.497. The zero-order valence-corrected chi connectivity index (χ0v) is 17.3. The number of nitrogens with zero attached hydrogens (tertiary/aromatic N) is 3. The average Bonchev–Trinajstić information content (AvgIpc) is 3.19. The summed E-state index contributed by atoms with van der Waals surface area (Å²) in [5, 5.41) is 0. The minimum Gasteiger partial charge on any atom is -0.457 e. The lowest BCUT2D eigenvalue weighted by Gasteiger charge is -2.01. The molecule has 0 bridgehead atoms. The van der Waals surface area contributed by atoms with E-state index in [9.17, 15) is 9.59 Å². The molecule has 0 amide bonds. The van der Waals surface area contributed by atoms with Crippen LogP contribution in [0.2, 0.25) is 0 Å². The lowest BCUT2D eigenvalue weighted by molar-refractivity contribution is 0.0478. The molecule has 0 atom stereocenters. The zero-order valence-electron chi connectivity index (χ0n) is 16.5. The fourth-order valence-electron chi connectivity index (χ4n) is 2.95. The quantitative estimate of drug-likeness (QED) is 0.453. The molecule has 0 spiro atoms. The first-order valence-corrected chi connectivity index (χ1v) is 10.2. The Balaban J connectivity index is 1.60. The summed E-state index contributed by atoms with van der Waals surface area (Å²) in [7, 11) is 0. The highest BCUT2D eigenvalue weighted by Crippen LogP contribution is 2.19. The summed E-state index contributed by atoms with van der Waals surface area (Å²) < 4.78 is 6.73. The van der Waals surface area contributed by atoms with Crippen molar-refractivity contribution in [3.8, 4) is 0 Å². The number of aromatic nitrogens is 3. The molecule has 0 unspecified atom stereocenters. The zero-order chi connectivity index (χ0) is 21.1. The molecule has 0 N–H and O–H groups in total. The van der Waals surface area contributed by atoms with Gasteiger partial charge in [0.15, 0.2) is 4.96 Å². The average molecular weight is 417 g/mol. The van der Waals surface area contributed by atoms with Gasteiger partial charge < -0.3 is 4.74 Å². The Hall–Kier alpha value is -3.58. The molecule has 0 aliphatic heterocycles. The van der Waals surface area contributed by atoms with Crippen LogP contribution in [-0.2, 0) is 11.3 Å². The first kappa shape index (κ1) is 19.7. The number of esters is 1. The van der Waals surface area contributed by atoms with Crippen molar-refractivity contribution >= 4 is 34.4 Å². The van der Waals surface area contributed by atoms with Gasteiger partial charge in [-0.05, 0) is 31.6 Å². The van der Waals surface area contributed by atoms with Crippen LogP contribution in [0, 0.1) is 13.8 Å². The van der Waals surface area contributed by atoms with Crippen LogP contribution in [0.3, 0.4) is 0 Å². The number of benzene rings is 1. The molecule has 0 aliphatic rings. The van der Waals surface area contributed by atoms with Crippen molar-refractivity contribution in [1.29, 1.82) is 0 Å². The van der Waals surface area contributed by atoms with Gasteiger partial charge in [-0.15, -0.1) is 0 Å². The van der Waals surface area contributed by atoms with Gasteiger partial charge in [-0.1, -0.05) is 53.3 Å². The number of pyridine rings is 1. The van der Waals surface area contributed by atoms with Gasteiger partial charge in [0.1, 0.15) is 11.5 Å². The molecule has 6 nitrogen and oxygen atoms in total. The molecule has 30 heavy (non-hydrogen) atoms. The van der Waals surface area contributed by atoms with E-state index in [1.165, 1.54) is 10.6 Å². The van der Waals surface area contributed by atoms with Crippen molar-refractivity contribution in [2.24, 2.45) is 0 Å². The summed E-state index contributed by atoms with van der Waals surface area (Å²) in [6.07, 6.45) is 8.53. The largest absolute Gasteiger partial charge is 0.457 e. The SMILES string of the molecule is Cc1cccc(C=Cc2nc3sc(C(=O)OCc4cccnc4)cn3c(=O)c2C)c1. The number of carbonyl (C=O) groups excluding carboxylic acids is 1. The number of carbonyl (C=O) groups is 1. The van der Waals surface area contributed by atoms with E-state index in [0.29, 0.717) is 21.1 Å². The van der Waals surface area contributed by atoms with E-state index in [-0.39, 0.29) is 12.2 Å². The number of hydrogen-bond donors (Lipinski definition) is 0. The van der Waals surface area contributed by atoms with Crippen LogP contribution >= 0.6 is 11.3 Å². The van der Waals surface area contributed by atoms with Gasteiger partial charge >= 0.3 is 5.97 Å². The predicted molar refractivity (Wildman–Crippen MR) is 118 cm³/mol. The fraction of sp³-hybridized carbons (Fsp3) is 0.130. The van der Waals surface area contributed by atoms with Crippen LogP contribution in [0.5, 0.6) is 0 Å². The normalized spacial score (nSPS) is 11.3. The van der Waals surface area contributed by atoms with Crippen LogP contribution in [0.1, 0.15) is 37.6 Å². The maximum atomic E-state index is 12.8. The maximum Gasteiger partial charge on any atom is 0.350 e. The standard InChI is InChI=1S/C23H19N3O3S/c1-15-5-3-6-17(11-15)8-9-19-16(2)21(27)26-13-20(30-23(26)25-19)22(28)29-14-18-7-4-10-24-12-18/h3-13H,14H2,1-2H3. The molecule has 0 radical (unpaired) electrons. The Morgan fingerprint density at radius 3 is 2.83 bits per heavy atom. The summed E-state index contributed by atoms with van der Waals surface area (Å²) >= 11 is 1.13. The topological polar surface area (TPSA) is 73.6 Å². The second kappa shape index (κ2) is 8.42. The van der Waals surface area contributed by atoms with E-state index in [4.69, 9.17) is 4.74 Å². The number of aryl methyl sites for hydroxylation is 1. The van der Waals surface area contributed by atoms with Crippen molar-refractivity contribution in [3.05, 3.63) is 98.2 Å². The van der Waals surface area contributed by atoms with E-state index < -0.39 is 5.97 Å². The van der Waals surface area contributed by atoms with Gasteiger partial charge in [-0.3, -0.25) is 14.2 Å². The van der Waals surface area contributed by atoms with Crippen molar-refractivity contribution in [3.63, 3.8) is 0 Å². The third-order valence-electron chi connectivity index (χ3n) is 4.56.